The molecular weight excluding hydrogens is 949 g/mol. The van der Waals surface area contributed by atoms with Crippen LogP contribution in [0.2, 0.25) is 0 Å². The molecule has 2 aromatic carbocycles. The molecular formula is C51H78N8O14. The third-order valence-electron chi connectivity index (χ3n) is 10.2. The molecule has 406 valence electrons. The van der Waals surface area contributed by atoms with E-state index in [-0.39, 0.29) is 50.2 Å². The number of carbonyl (C=O) groups is 8. The zero-order valence-corrected chi connectivity index (χ0v) is 44.3. The molecule has 0 unspecified atom stereocenters. The molecule has 2 aromatic rings. The Hall–Kier alpha value is -6.84. The van der Waals surface area contributed by atoms with Crippen LogP contribution < -0.4 is 42.5 Å². The summed E-state index contributed by atoms with van der Waals surface area (Å²) in [4.78, 5) is 106. The Balaban J connectivity index is 1.89. The zero-order chi connectivity index (χ0) is 54.9. The van der Waals surface area contributed by atoms with Gasteiger partial charge in [0.15, 0.2) is 0 Å². The van der Waals surface area contributed by atoms with Crippen molar-refractivity contribution in [2.45, 2.75) is 174 Å². The van der Waals surface area contributed by atoms with Gasteiger partial charge in [-0.15, -0.1) is 0 Å². The fourth-order valence-electron chi connectivity index (χ4n) is 7.08. The summed E-state index contributed by atoms with van der Waals surface area (Å²) in [5, 5.41) is 43.3. The fourth-order valence-corrected chi connectivity index (χ4v) is 7.08. The Morgan fingerprint density at radius 2 is 1.25 bits per heavy atom. The molecule has 0 saturated carbocycles. The molecule has 0 radical (unpaired) electrons. The van der Waals surface area contributed by atoms with E-state index in [1.54, 1.807) is 119 Å². The number of hydrogen-bond acceptors (Lipinski definition) is 14. The van der Waals surface area contributed by atoms with Crippen molar-refractivity contribution >= 4 is 48.0 Å². The third kappa shape index (κ3) is 24.4. The minimum absolute atomic E-state index is 0.0174. The van der Waals surface area contributed by atoms with Gasteiger partial charge in [-0.05, 0) is 130 Å². The van der Waals surface area contributed by atoms with Crippen LogP contribution in [0.1, 0.15) is 120 Å². The molecule has 0 aliphatic carbocycles. The van der Waals surface area contributed by atoms with Gasteiger partial charge in [0, 0.05) is 57.9 Å². The number of aliphatic hydroxyl groups is 1. The predicted octanol–water partition coefficient (Wildman–Crippen LogP) is 4.12. The number of aliphatic hydroxyl groups excluding tert-OH is 1. The highest BCUT2D eigenvalue weighted by Crippen LogP contribution is 2.28. The van der Waals surface area contributed by atoms with Crippen molar-refractivity contribution in [1.29, 1.82) is 0 Å². The highest BCUT2D eigenvalue weighted by Gasteiger charge is 2.34. The number of amides is 8. The second-order valence-corrected chi connectivity index (χ2v) is 21.8. The quantitative estimate of drug-likeness (QED) is 0.0836. The summed E-state index contributed by atoms with van der Waals surface area (Å²) in [5.74, 6) is -3.20. The first-order valence-electron chi connectivity index (χ1n) is 24.4. The zero-order valence-electron chi connectivity index (χ0n) is 44.3. The summed E-state index contributed by atoms with van der Waals surface area (Å²) in [6.07, 6.45) is -4.90. The number of aromatic hydroxyl groups is 1. The van der Waals surface area contributed by atoms with E-state index < -0.39 is 114 Å². The first kappa shape index (κ1) is 60.5. The molecule has 1 heterocycles. The van der Waals surface area contributed by atoms with Gasteiger partial charge < -0.3 is 71.7 Å². The van der Waals surface area contributed by atoms with Crippen LogP contribution in [0.5, 0.6) is 5.75 Å². The lowest BCUT2D eigenvalue weighted by atomic mass is 9.96. The van der Waals surface area contributed by atoms with E-state index in [1.165, 1.54) is 6.07 Å². The number of rotatable bonds is 16. The van der Waals surface area contributed by atoms with Crippen LogP contribution in [0.4, 0.5) is 19.2 Å². The molecule has 4 bridgehead atoms. The average Bonchev–Trinajstić information content (AvgIpc) is 3.23. The van der Waals surface area contributed by atoms with Crippen molar-refractivity contribution in [1.82, 2.24) is 42.5 Å². The lowest BCUT2D eigenvalue weighted by molar-refractivity contribution is -0.133. The lowest BCUT2D eigenvalue weighted by Crippen LogP contribution is -2.58. The van der Waals surface area contributed by atoms with Gasteiger partial charge in [-0.3, -0.25) is 19.2 Å². The summed E-state index contributed by atoms with van der Waals surface area (Å²) >= 11 is 0. The van der Waals surface area contributed by atoms with Gasteiger partial charge in [0.05, 0.1) is 6.10 Å². The molecule has 3 rings (SSSR count). The maximum atomic E-state index is 14.4. The summed E-state index contributed by atoms with van der Waals surface area (Å²) in [6.45, 7) is 19.8. The van der Waals surface area contributed by atoms with Gasteiger partial charge in [0.2, 0.25) is 23.6 Å². The summed E-state index contributed by atoms with van der Waals surface area (Å²) in [7, 11) is 0. The largest absolute Gasteiger partial charge is 0.508 e. The van der Waals surface area contributed by atoms with Crippen molar-refractivity contribution in [3.8, 4) is 16.9 Å². The maximum Gasteiger partial charge on any atom is 0.408 e. The number of phenolic OH excluding ortho intramolecular Hbond substituents is 1. The Morgan fingerprint density at radius 3 is 1.88 bits per heavy atom. The van der Waals surface area contributed by atoms with E-state index in [1.807, 2.05) is 0 Å². The first-order valence-corrected chi connectivity index (χ1v) is 24.4. The Bertz CT molecular complexity index is 2250. The van der Waals surface area contributed by atoms with Gasteiger partial charge in [-0.2, -0.15) is 0 Å². The molecule has 10 N–H and O–H groups in total. The van der Waals surface area contributed by atoms with E-state index in [2.05, 4.69) is 42.5 Å². The van der Waals surface area contributed by atoms with E-state index in [4.69, 9.17) is 18.9 Å². The molecule has 0 spiro atoms. The molecule has 22 heteroatoms. The highest BCUT2D eigenvalue weighted by molar-refractivity contribution is 5.94. The minimum atomic E-state index is -1.58. The van der Waals surface area contributed by atoms with Gasteiger partial charge in [-0.25, -0.2) is 19.2 Å². The first-order chi connectivity index (χ1) is 33.7. The Labute approximate surface area is 427 Å². The van der Waals surface area contributed by atoms with Gasteiger partial charge in [0.1, 0.15) is 46.3 Å². The highest BCUT2D eigenvalue weighted by atomic mass is 16.6. The standard InChI is InChI=1S/C51H78N8O14/c1-48(2,3)70-44(66)53-21-14-17-34(56-46(68)72-50(7,8)9)28-54-40(62)20-22-52-41(63)36-24-30-15-13-16-31(23-30)32-18-19-39(61)33(25-32)26-37(59-47(69)73-51(10,11)12)42(64)58-38(43(65)57-36)27-35(60)29-55-45(67)71-49(4,5)6/h13,15-16,18-19,23,25,34-38,60-61H,14,17,20-22,24,26-29H2,1-12H3,(H,52,63)(H,53,66)(H,54,62)(H,55,67)(H,56,68)(H,57,65)(H,58,64)(H,59,69)/t34-,35+,36-,37-,38-/m0/s1. The van der Waals surface area contributed by atoms with Crippen molar-refractivity contribution < 1.29 is 67.5 Å². The molecule has 0 saturated heterocycles. The van der Waals surface area contributed by atoms with Crippen LogP contribution in [-0.4, -0.2) is 137 Å². The van der Waals surface area contributed by atoms with Crippen molar-refractivity contribution in [2.75, 3.05) is 26.2 Å². The van der Waals surface area contributed by atoms with Crippen LogP contribution in [0.25, 0.3) is 11.1 Å². The van der Waals surface area contributed by atoms with Crippen molar-refractivity contribution in [3.05, 3.63) is 53.6 Å². The molecule has 1 aliphatic heterocycles. The number of fused-ring (bicyclic) bond motifs is 5. The SMILES string of the molecule is CC(C)(C)OC(=O)NCCC[C@@H](CNC(=O)CCNC(=O)[C@@H]1Cc2cccc(c2)-c2ccc(O)c(c2)C[C@H](NC(=O)OC(C)(C)C)C(=O)N[C@@H](C[C@@H](O)CNC(=O)OC(C)(C)C)C(=O)N1)NC(=O)OC(C)(C)C. The molecule has 5 atom stereocenters. The van der Waals surface area contributed by atoms with Crippen LogP contribution in [0.15, 0.2) is 42.5 Å². The van der Waals surface area contributed by atoms with E-state index in [0.717, 1.165) is 0 Å². The molecule has 22 nitrogen and oxygen atoms in total. The number of alkyl carbamates (subject to hydrolysis) is 4. The molecule has 0 aromatic heterocycles. The lowest BCUT2D eigenvalue weighted by Gasteiger charge is -2.28. The third-order valence-corrected chi connectivity index (χ3v) is 10.2. The van der Waals surface area contributed by atoms with Crippen LogP contribution in [-0.2, 0) is 51.0 Å². The number of hydrogen-bond donors (Lipinski definition) is 10. The van der Waals surface area contributed by atoms with E-state index in [0.29, 0.717) is 29.5 Å². The van der Waals surface area contributed by atoms with E-state index >= 15 is 0 Å². The number of carbonyl (C=O) groups excluding carboxylic acids is 8. The summed E-state index contributed by atoms with van der Waals surface area (Å²) < 4.78 is 21.4. The Morgan fingerprint density at radius 1 is 0.658 bits per heavy atom. The predicted molar refractivity (Wildman–Crippen MR) is 270 cm³/mol. The second kappa shape index (κ2) is 26.7. The smallest absolute Gasteiger partial charge is 0.408 e. The molecule has 0 fully saturated rings. The fraction of sp³-hybridized carbons (Fsp3) is 0.608. The number of ether oxygens (including phenoxy) is 4. The number of phenols is 1. The van der Waals surface area contributed by atoms with Crippen LogP contribution >= 0.6 is 0 Å². The normalized spacial score (nSPS) is 17.3. The summed E-state index contributed by atoms with van der Waals surface area (Å²) in [5.41, 5.74) is -1.16. The van der Waals surface area contributed by atoms with E-state index in [9.17, 15) is 48.6 Å². The van der Waals surface area contributed by atoms with Crippen LogP contribution in [0, 0.1) is 0 Å². The van der Waals surface area contributed by atoms with Gasteiger partial charge >= 0.3 is 24.4 Å². The number of benzene rings is 2. The Kier molecular flexibility index (Phi) is 22.1. The summed E-state index contributed by atoms with van der Waals surface area (Å²) in [6, 6.07) is 6.85. The number of nitrogens with one attached hydrogen (secondary N) is 8. The second-order valence-electron chi connectivity index (χ2n) is 21.8. The topological polar surface area (TPSA) is 310 Å². The molecule has 1 aliphatic rings. The van der Waals surface area contributed by atoms with Gasteiger partial charge in [-0.1, -0.05) is 30.3 Å². The molecule has 8 amide bonds. The monoisotopic (exact) mass is 1030 g/mol. The minimum Gasteiger partial charge on any atom is -0.508 e. The molecule has 73 heavy (non-hydrogen) atoms. The average molecular weight is 1030 g/mol. The van der Waals surface area contributed by atoms with Crippen molar-refractivity contribution in [2.24, 2.45) is 0 Å². The van der Waals surface area contributed by atoms with Crippen molar-refractivity contribution in [3.63, 3.8) is 0 Å². The van der Waals surface area contributed by atoms with Gasteiger partial charge in [0.25, 0.3) is 0 Å². The van der Waals surface area contributed by atoms with Crippen LogP contribution in [0.3, 0.4) is 0 Å². The maximum absolute atomic E-state index is 14.4.